The van der Waals surface area contributed by atoms with Crippen LogP contribution < -0.4 is 5.32 Å². The first kappa shape index (κ1) is 10.8. The van der Waals surface area contributed by atoms with E-state index >= 15 is 0 Å². The molecule has 1 aromatic carbocycles. The number of benzene rings is 1. The maximum absolute atomic E-state index is 3.89. The van der Waals surface area contributed by atoms with Crippen LogP contribution in [0.1, 0.15) is 25.8 Å². The van der Waals surface area contributed by atoms with Crippen LogP contribution in [-0.2, 0) is 6.42 Å². The lowest BCUT2D eigenvalue weighted by Crippen LogP contribution is -2.03. The minimum atomic E-state index is 0.979. The molecule has 0 atom stereocenters. The summed E-state index contributed by atoms with van der Waals surface area (Å²) < 4.78 is 0. The Morgan fingerprint density at radius 3 is 2.71 bits per heavy atom. The monoisotopic (exact) mass is 189 g/mol. The SMILES string of the molecule is C=C(C)CCNc1ccccc1CC. The van der Waals surface area contributed by atoms with Crippen molar-refractivity contribution in [2.45, 2.75) is 26.7 Å². The Hall–Kier alpha value is -1.24. The number of rotatable bonds is 5. The third kappa shape index (κ3) is 3.25. The molecule has 0 saturated heterocycles. The van der Waals surface area contributed by atoms with E-state index < -0.39 is 0 Å². The van der Waals surface area contributed by atoms with Gasteiger partial charge in [-0.05, 0) is 31.4 Å². The lowest BCUT2D eigenvalue weighted by atomic mass is 10.1. The van der Waals surface area contributed by atoms with Crippen molar-refractivity contribution in [3.63, 3.8) is 0 Å². The van der Waals surface area contributed by atoms with Crippen LogP contribution >= 0.6 is 0 Å². The Bertz CT molecular complexity index is 302. The molecular weight excluding hydrogens is 170 g/mol. The summed E-state index contributed by atoms with van der Waals surface area (Å²) in [6, 6.07) is 8.46. The highest BCUT2D eigenvalue weighted by Crippen LogP contribution is 2.15. The van der Waals surface area contributed by atoms with Crippen LogP contribution in [0, 0.1) is 0 Å². The average molecular weight is 189 g/mol. The molecule has 1 aromatic rings. The van der Waals surface area contributed by atoms with E-state index in [2.05, 4.69) is 50.0 Å². The summed E-state index contributed by atoms with van der Waals surface area (Å²) >= 11 is 0. The van der Waals surface area contributed by atoms with E-state index in [4.69, 9.17) is 0 Å². The molecule has 0 aliphatic heterocycles. The lowest BCUT2D eigenvalue weighted by molar-refractivity contribution is 0.994. The molecule has 1 N–H and O–H groups in total. The zero-order chi connectivity index (χ0) is 10.4. The second kappa shape index (κ2) is 5.48. The molecular formula is C13H19N. The Morgan fingerprint density at radius 2 is 2.07 bits per heavy atom. The second-order valence-electron chi connectivity index (χ2n) is 3.64. The standard InChI is InChI=1S/C13H19N/c1-4-12-7-5-6-8-13(12)14-10-9-11(2)3/h5-8,14H,2,4,9-10H2,1,3H3. The smallest absolute Gasteiger partial charge is 0.0372 e. The molecule has 0 unspecified atom stereocenters. The van der Waals surface area contributed by atoms with Crippen molar-refractivity contribution in [2.24, 2.45) is 0 Å². The minimum absolute atomic E-state index is 0.979. The zero-order valence-electron chi connectivity index (χ0n) is 9.14. The number of nitrogens with one attached hydrogen (secondary N) is 1. The van der Waals surface area contributed by atoms with E-state index in [0.717, 1.165) is 19.4 Å². The van der Waals surface area contributed by atoms with Gasteiger partial charge in [-0.3, -0.25) is 0 Å². The van der Waals surface area contributed by atoms with Crippen molar-refractivity contribution in [3.8, 4) is 0 Å². The van der Waals surface area contributed by atoms with Gasteiger partial charge in [-0.2, -0.15) is 0 Å². The number of para-hydroxylation sites is 1. The molecule has 0 heterocycles. The van der Waals surface area contributed by atoms with Gasteiger partial charge in [0.2, 0.25) is 0 Å². The molecule has 0 aromatic heterocycles. The third-order valence-corrected chi connectivity index (χ3v) is 2.27. The molecule has 0 amide bonds. The summed E-state index contributed by atoms with van der Waals surface area (Å²) in [5.41, 5.74) is 3.87. The summed E-state index contributed by atoms with van der Waals surface area (Å²) in [5, 5.41) is 3.43. The van der Waals surface area contributed by atoms with E-state index in [1.54, 1.807) is 0 Å². The molecule has 0 aliphatic rings. The number of anilines is 1. The van der Waals surface area contributed by atoms with Crippen molar-refractivity contribution in [1.82, 2.24) is 0 Å². The van der Waals surface area contributed by atoms with Gasteiger partial charge in [-0.15, -0.1) is 6.58 Å². The second-order valence-corrected chi connectivity index (χ2v) is 3.64. The predicted molar refractivity (Wildman–Crippen MR) is 63.7 cm³/mol. The average Bonchev–Trinajstić information content (AvgIpc) is 2.18. The Kier molecular flexibility index (Phi) is 4.24. The topological polar surface area (TPSA) is 12.0 Å². The number of aryl methyl sites for hydroxylation is 1. The highest BCUT2D eigenvalue weighted by atomic mass is 14.9. The number of hydrogen-bond donors (Lipinski definition) is 1. The van der Waals surface area contributed by atoms with Gasteiger partial charge >= 0.3 is 0 Å². The highest BCUT2D eigenvalue weighted by Gasteiger charge is 1.97. The molecule has 76 valence electrons. The molecule has 0 aliphatic carbocycles. The summed E-state index contributed by atoms with van der Waals surface area (Å²) in [6.45, 7) is 9.11. The summed E-state index contributed by atoms with van der Waals surface area (Å²) in [7, 11) is 0. The zero-order valence-corrected chi connectivity index (χ0v) is 9.14. The predicted octanol–water partition coefficient (Wildman–Crippen LogP) is 3.63. The largest absolute Gasteiger partial charge is 0.385 e. The fraction of sp³-hybridized carbons (Fsp3) is 0.385. The molecule has 0 saturated carbocycles. The fourth-order valence-corrected chi connectivity index (χ4v) is 1.41. The third-order valence-electron chi connectivity index (χ3n) is 2.27. The minimum Gasteiger partial charge on any atom is -0.385 e. The quantitative estimate of drug-likeness (QED) is 0.697. The highest BCUT2D eigenvalue weighted by molar-refractivity contribution is 5.51. The number of hydrogen-bond acceptors (Lipinski definition) is 1. The molecule has 0 radical (unpaired) electrons. The molecule has 1 heteroatoms. The first-order valence-electron chi connectivity index (χ1n) is 5.20. The van der Waals surface area contributed by atoms with Crippen LogP contribution in [0.5, 0.6) is 0 Å². The van der Waals surface area contributed by atoms with Gasteiger partial charge in [-0.25, -0.2) is 0 Å². The van der Waals surface area contributed by atoms with E-state index in [9.17, 15) is 0 Å². The van der Waals surface area contributed by atoms with Gasteiger partial charge in [-0.1, -0.05) is 30.7 Å². The Labute approximate surface area is 86.8 Å². The Morgan fingerprint density at radius 1 is 1.36 bits per heavy atom. The van der Waals surface area contributed by atoms with E-state index in [1.165, 1.54) is 16.8 Å². The van der Waals surface area contributed by atoms with Crippen LogP contribution in [0.15, 0.2) is 36.4 Å². The molecule has 1 nitrogen and oxygen atoms in total. The molecule has 14 heavy (non-hydrogen) atoms. The Balaban J connectivity index is 2.53. The van der Waals surface area contributed by atoms with Crippen LogP contribution in [0.2, 0.25) is 0 Å². The van der Waals surface area contributed by atoms with Crippen LogP contribution in [0.3, 0.4) is 0 Å². The lowest BCUT2D eigenvalue weighted by Gasteiger charge is -2.10. The maximum Gasteiger partial charge on any atom is 0.0372 e. The van der Waals surface area contributed by atoms with Crippen molar-refractivity contribution >= 4 is 5.69 Å². The van der Waals surface area contributed by atoms with Crippen LogP contribution in [0.25, 0.3) is 0 Å². The fourth-order valence-electron chi connectivity index (χ4n) is 1.41. The van der Waals surface area contributed by atoms with Crippen LogP contribution in [-0.4, -0.2) is 6.54 Å². The normalized spacial score (nSPS) is 9.86. The molecule has 0 spiro atoms. The molecule has 1 rings (SSSR count). The van der Waals surface area contributed by atoms with E-state index in [0.29, 0.717) is 0 Å². The van der Waals surface area contributed by atoms with Gasteiger partial charge in [0.25, 0.3) is 0 Å². The van der Waals surface area contributed by atoms with Crippen molar-refractivity contribution < 1.29 is 0 Å². The van der Waals surface area contributed by atoms with Gasteiger partial charge in [0.05, 0.1) is 0 Å². The first-order valence-corrected chi connectivity index (χ1v) is 5.20. The summed E-state index contributed by atoms with van der Waals surface area (Å²) in [4.78, 5) is 0. The van der Waals surface area contributed by atoms with Crippen molar-refractivity contribution in [3.05, 3.63) is 42.0 Å². The van der Waals surface area contributed by atoms with Gasteiger partial charge in [0.1, 0.15) is 0 Å². The van der Waals surface area contributed by atoms with Gasteiger partial charge < -0.3 is 5.32 Å². The van der Waals surface area contributed by atoms with Crippen LogP contribution in [0.4, 0.5) is 5.69 Å². The van der Waals surface area contributed by atoms with Crippen molar-refractivity contribution in [1.29, 1.82) is 0 Å². The maximum atomic E-state index is 3.89. The van der Waals surface area contributed by atoms with E-state index in [1.807, 2.05) is 0 Å². The first-order chi connectivity index (χ1) is 6.74. The van der Waals surface area contributed by atoms with Gasteiger partial charge in [0.15, 0.2) is 0 Å². The summed E-state index contributed by atoms with van der Waals surface area (Å²) in [5.74, 6) is 0. The molecule has 0 bridgehead atoms. The van der Waals surface area contributed by atoms with Crippen molar-refractivity contribution in [2.75, 3.05) is 11.9 Å². The van der Waals surface area contributed by atoms with E-state index in [-0.39, 0.29) is 0 Å². The van der Waals surface area contributed by atoms with Gasteiger partial charge in [0, 0.05) is 12.2 Å². The molecule has 0 fully saturated rings. The summed E-state index contributed by atoms with van der Waals surface area (Å²) in [6.07, 6.45) is 2.12.